The van der Waals surface area contributed by atoms with Crippen molar-refractivity contribution >= 4 is 23.1 Å². The lowest BCUT2D eigenvalue weighted by molar-refractivity contribution is 0.194. The van der Waals surface area contributed by atoms with Gasteiger partial charge in [0, 0.05) is 28.4 Å². The average Bonchev–Trinajstić information content (AvgIpc) is 3.47. The molecule has 1 aliphatic heterocycles. The first kappa shape index (κ1) is 22.0. The summed E-state index contributed by atoms with van der Waals surface area (Å²) in [5, 5.41) is 4.42. The number of aromatic nitrogens is 1. The van der Waals surface area contributed by atoms with Crippen molar-refractivity contribution in [2.24, 2.45) is 0 Å². The molecule has 1 aliphatic carbocycles. The third-order valence-electron chi connectivity index (χ3n) is 7.15. The van der Waals surface area contributed by atoms with E-state index in [1.54, 1.807) is 7.11 Å². The zero-order chi connectivity index (χ0) is 23.9. The summed E-state index contributed by atoms with van der Waals surface area (Å²) in [4.78, 5) is 17.5. The second kappa shape index (κ2) is 8.93. The van der Waals surface area contributed by atoms with Gasteiger partial charge in [0.1, 0.15) is 10.8 Å². The van der Waals surface area contributed by atoms with Gasteiger partial charge < -0.3 is 19.5 Å². The fraction of sp³-hybridized carbons (Fsp3) is 0.276. The largest absolute Gasteiger partial charge is 0.497 e. The van der Waals surface area contributed by atoms with Crippen molar-refractivity contribution in [2.45, 2.75) is 45.2 Å². The van der Waals surface area contributed by atoms with Gasteiger partial charge in [-0.2, -0.15) is 0 Å². The van der Waals surface area contributed by atoms with E-state index < -0.39 is 0 Å². The highest BCUT2D eigenvalue weighted by Crippen LogP contribution is 2.44. The highest BCUT2D eigenvalue weighted by Gasteiger charge is 2.36. The molecule has 2 aromatic heterocycles. The Morgan fingerprint density at radius 2 is 1.86 bits per heavy atom. The minimum atomic E-state index is -0.199. The maximum atomic E-state index is 14.0. The summed E-state index contributed by atoms with van der Waals surface area (Å²) < 4.78 is 7.69. The molecule has 0 radical (unpaired) electrons. The van der Waals surface area contributed by atoms with Gasteiger partial charge in [-0.15, -0.1) is 11.3 Å². The van der Waals surface area contributed by atoms with Gasteiger partial charge in [0.2, 0.25) is 0 Å². The maximum Gasteiger partial charge on any atom is 0.322 e. The topological polar surface area (TPSA) is 46.5 Å². The quantitative estimate of drug-likeness (QED) is 0.346. The second-order valence-corrected chi connectivity index (χ2v) is 10.5. The summed E-state index contributed by atoms with van der Waals surface area (Å²) in [5.74, 6) is 0.719. The summed E-state index contributed by atoms with van der Waals surface area (Å²) in [5.41, 5.74) is 6.92. The Bertz CT molecular complexity index is 1390. The van der Waals surface area contributed by atoms with Crippen molar-refractivity contribution in [1.29, 1.82) is 0 Å². The van der Waals surface area contributed by atoms with Crippen molar-refractivity contribution in [1.82, 2.24) is 9.47 Å². The van der Waals surface area contributed by atoms with E-state index in [1.165, 1.54) is 39.4 Å². The number of rotatable bonds is 3. The van der Waals surface area contributed by atoms with Gasteiger partial charge in [-0.25, -0.2) is 4.79 Å². The Labute approximate surface area is 210 Å². The van der Waals surface area contributed by atoms with Crippen LogP contribution < -0.4 is 10.1 Å². The van der Waals surface area contributed by atoms with Gasteiger partial charge in [0.25, 0.3) is 0 Å². The summed E-state index contributed by atoms with van der Waals surface area (Å²) in [7, 11) is 1.64. The van der Waals surface area contributed by atoms with E-state index in [4.69, 9.17) is 4.74 Å². The number of anilines is 1. The van der Waals surface area contributed by atoms with Crippen LogP contribution in [-0.2, 0) is 19.4 Å². The second-order valence-electron chi connectivity index (χ2n) is 9.40. The first-order valence-corrected chi connectivity index (χ1v) is 13.0. The molecule has 6 rings (SSSR count). The van der Waals surface area contributed by atoms with Crippen molar-refractivity contribution in [3.8, 4) is 10.8 Å². The predicted molar refractivity (Wildman–Crippen MR) is 141 cm³/mol. The normalized spacial score (nSPS) is 16.6. The van der Waals surface area contributed by atoms with E-state index in [2.05, 4.69) is 59.4 Å². The lowest BCUT2D eigenvalue weighted by atomic mass is 9.95. The Balaban J connectivity index is 1.48. The summed E-state index contributed by atoms with van der Waals surface area (Å²) in [6.45, 7) is 2.67. The Morgan fingerprint density at radius 1 is 1.03 bits per heavy atom. The van der Waals surface area contributed by atoms with Crippen molar-refractivity contribution < 1.29 is 9.53 Å². The SMILES string of the molecule is COc1cccc(NC(=O)N2Cc3c(sc4c3CCCC4)-n3cccc3[C@H]2c2ccc(C)cc2)c1. The van der Waals surface area contributed by atoms with Gasteiger partial charge in [0.05, 0.1) is 25.4 Å². The molecule has 178 valence electrons. The lowest BCUT2D eigenvalue weighted by Crippen LogP contribution is -2.38. The van der Waals surface area contributed by atoms with Crippen LogP contribution in [0.3, 0.4) is 0 Å². The molecule has 0 bridgehead atoms. The number of urea groups is 1. The highest BCUT2D eigenvalue weighted by molar-refractivity contribution is 7.15. The van der Waals surface area contributed by atoms with Crippen LogP contribution in [0.2, 0.25) is 0 Å². The molecule has 5 nitrogen and oxygen atoms in total. The number of benzene rings is 2. The van der Waals surface area contributed by atoms with Crippen LogP contribution in [0.5, 0.6) is 5.75 Å². The zero-order valence-electron chi connectivity index (χ0n) is 20.1. The molecule has 0 saturated carbocycles. The maximum absolute atomic E-state index is 14.0. The molecule has 3 heterocycles. The van der Waals surface area contributed by atoms with Crippen molar-refractivity contribution in [2.75, 3.05) is 12.4 Å². The van der Waals surface area contributed by atoms with Crippen molar-refractivity contribution in [3.05, 3.63) is 99.7 Å². The lowest BCUT2D eigenvalue weighted by Gasteiger charge is -2.31. The van der Waals surface area contributed by atoms with Gasteiger partial charge in [-0.1, -0.05) is 35.9 Å². The Morgan fingerprint density at radius 3 is 2.69 bits per heavy atom. The molecule has 6 heteroatoms. The van der Waals surface area contributed by atoms with Crippen LogP contribution in [0.15, 0.2) is 66.9 Å². The molecule has 0 saturated heterocycles. The van der Waals surface area contributed by atoms with E-state index in [0.717, 1.165) is 35.5 Å². The number of thiophene rings is 1. The number of nitrogens with zero attached hydrogens (tertiary/aromatic N) is 2. The van der Waals surface area contributed by atoms with E-state index in [0.29, 0.717) is 6.54 Å². The van der Waals surface area contributed by atoms with Gasteiger partial charge in [0.15, 0.2) is 0 Å². The zero-order valence-corrected chi connectivity index (χ0v) is 20.9. The Hall–Kier alpha value is -3.51. The number of carbonyl (C=O) groups is 1. The highest BCUT2D eigenvalue weighted by atomic mass is 32.1. The first-order valence-electron chi connectivity index (χ1n) is 12.2. The number of nitrogens with one attached hydrogen (secondary N) is 1. The van der Waals surface area contributed by atoms with E-state index in [9.17, 15) is 4.79 Å². The van der Waals surface area contributed by atoms with Crippen LogP contribution in [-0.4, -0.2) is 22.6 Å². The van der Waals surface area contributed by atoms with E-state index in [-0.39, 0.29) is 12.1 Å². The minimum absolute atomic E-state index is 0.111. The fourth-order valence-corrected chi connectivity index (χ4v) is 6.79. The molecular formula is C29H29N3O2S. The average molecular weight is 484 g/mol. The number of amides is 2. The first-order chi connectivity index (χ1) is 17.1. The van der Waals surface area contributed by atoms with E-state index in [1.807, 2.05) is 40.5 Å². The third-order valence-corrected chi connectivity index (χ3v) is 8.49. The van der Waals surface area contributed by atoms with Gasteiger partial charge in [-0.3, -0.25) is 0 Å². The predicted octanol–water partition coefficient (Wildman–Crippen LogP) is 6.87. The van der Waals surface area contributed by atoms with Crippen LogP contribution in [0.1, 0.15) is 51.7 Å². The molecular weight excluding hydrogens is 454 g/mol. The van der Waals surface area contributed by atoms with Crippen LogP contribution in [0.25, 0.3) is 5.00 Å². The molecule has 4 aromatic rings. The molecule has 0 unspecified atom stereocenters. The summed E-state index contributed by atoms with van der Waals surface area (Å²) in [6.07, 6.45) is 6.85. The minimum Gasteiger partial charge on any atom is -0.497 e. The number of hydrogen-bond acceptors (Lipinski definition) is 3. The molecule has 35 heavy (non-hydrogen) atoms. The number of ether oxygens (including phenoxy) is 1. The number of carbonyl (C=O) groups excluding carboxylic acids is 1. The van der Waals surface area contributed by atoms with Crippen LogP contribution in [0.4, 0.5) is 10.5 Å². The summed E-state index contributed by atoms with van der Waals surface area (Å²) in [6, 6.07) is 20.0. The number of fused-ring (bicyclic) bond motifs is 5. The smallest absolute Gasteiger partial charge is 0.322 e. The molecule has 1 atom stereocenters. The monoisotopic (exact) mass is 483 g/mol. The van der Waals surface area contributed by atoms with Gasteiger partial charge >= 0.3 is 6.03 Å². The molecule has 1 N–H and O–H groups in total. The molecule has 2 aliphatic rings. The summed E-state index contributed by atoms with van der Waals surface area (Å²) >= 11 is 1.91. The third kappa shape index (κ3) is 3.92. The van der Waals surface area contributed by atoms with Crippen molar-refractivity contribution in [3.63, 3.8) is 0 Å². The number of hydrogen-bond donors (Lipinski definition) is 1. The van der Waals surface area contributed by atoms with Gasteiger partial charge in [-0.05, 0) is 68.0 Å². The molecule has 0 spiro atoms. The van der Waals surface area contributed by atoms with Crippen LogP contribution in [0, 0.1) is 6.92 Å². The van der Waals surface area contributed by atoms with E-state index >= 15 is 0 Å². The number of methoxy groups -OCH3 is 1. The Kier molecular flexibility index (Phi) is 5.61. The molecule has 2 aromatic carbocycles. The number of aryl methyl sites for hydroxylation is 2. The fourth-order valence-electron chi connectivity index (χ4n) is 5.38. The molecule has 0 fully saturated rings. The standard InChI is InChI=1S/C29H29N3O2S/c1-19-12-14-20(15-13-19)27-25-10-6-16-31(25)28-24(23-9-3-4-11-26(23)35-28)18-32(27)29(33)30-21-7-5-8-22(17-21)34-2/h5-8,10,12-17,27H,3-4,9,11,18H2,1-2H3,(H,30,33)/t27-/m1/s1. The molecule has 2 amide bonds. The van der Waals surface area contributed by atoms with Crippen LogP contribution >= 0.6 is 11.3 Å².